The first-order valence-corrected chi connectivity index (χ1v) is 4.03. The maximum absolute atomic E-state index is 12.6. The molecule has 0 atom stereocenters. The Balaban J connectivity index is 2.58. The van der Waals surface area contributed by atoms with Crippen LogP contribution in [0.1, 0.15) is 5.56 Å². The minimum atomic E-state index is -4.43. The van der Waals surface area contributed by atoms with Crippen LogP contribution in [0.15, 0.2) is 30.6 Å². The van der Waals surface area contributed by atoms with E-state index in [9.17, 15) is 13.2 Å². The van der Waals surface area contributed by atoms with Gasteiger partial charge in [0, 0.05) is 6.07 Å². The SMILES string of the molecule is FC(F)(F)c1ccc[c]c1-n1nccn1. The van der Waals surface area contributed by atoms with Crippen LogP contribution in [-0.2, 0) is 6.18 Å². The molecule has 0 spiro atoms. The summed E-state index contributed by atoms with van der Waals surface area (Å²) in [4.78, 5) is 0.892. The fraction of sp³-hybridized carbons (Fsp3) is 0.111. The molecule has 0 aliphatic rings. The number of alkyl halides is 3. The van der Waals surface area contributed by atoms with E-state index in [2.05, 4.69) is 16.3 Å². The molecular formula is C9H5F3N3. The molecule has 0 aliphatic heterocycles. The van der Waals surface area contributed by atoms with Crippen LogP contribution in [0.5, 0.6) is 0 Å². The summed E-state index contributed by atoms with van der Waals surface area (Å²) in [5, 5.41) is 7.27. The van der Waals surface area contributed by atoms with Crippen molar-refractivity contribution >= 4 is 0 Å². The summed E-state index contributed by atoms with van der Waals surface area (Å²) in [6, 6.07) is 6.09. The Morgan fingerprint density at radius 2 is 1.87 bits per heavy atom. The second-order valence-electron chi connectivity index (χ2n) is 2.75. The van der Waals surface area contributed by atoms with Gasteiger partial charge in [-0.25, -0.2) is 0 Å². The normalized spacial score (nSPS) is 11.7. The Hall–Kier alpha value is -1.85. The van der Waals surface area contributed by atoms with Crippen molar-refractivity contribution in [2.45, 2.75) is 6.18 Å². The molecule has 2 aromatic rings. The average Bonchev–Trinajstić information content (AvgIpc) is 2.69. The van der Waals surface area contributed by atoms with E-state index in [1.165, 1.54) is 24.5 Å². The second kappa shape index (κ2) is 3.38. The summed E-state index contributed by atoms with van der Waals surface area (Å²) in [7, 11) is 0. The Kier molecular flexibility index (Phi) is 2.18. The van der Waals surface area contributed by atoms with Gasteiger partial charge in [0.1, 0.15) is 5.69 Å². The van der Waals surface area contributed by atoms with Crippen LogP contribution < -0.4 is 0 Å². The maximum Gasteiger partial charge on any atom is 0.418 e. The van der Waals surface area contributed by atoms with E-state index in [1.807, 2.05) is 0 Å². The van der Waals surface area contributed by atoms with E-state index in [1.54, 1.807) is 0 Å². The van der Waals surface area contributed by atoms with Gasteiger partial charge in [0.05, 0.1) is 18.0 Å². The fourth-order valence-corrected chi connectivity index (χ4v) is 1.15. The van der Waals surface area contributed by atoms with Crippen molar-refractivity contribution in [1.82, 2.24) is 15.0 Å². The predicted octanol–water partition coefficient (Wildman–Crippen LogP) is 2.09. The third-order valence-corrected chi connectivity index (χ3v) is 1.76. The van der Waals surface area contributed by atoms with E-state index >= 15 is 0 Å². The molecule has 1 heterocycles. The Morgan fingerprint density at radius 1 is 1.20 bits per heavy atom. The zero-order chi connectivity index (χ0) is 10.9. The highest BCUT2D eigenvalue weighted by molar-refractivity contribution is 5.39. The number of nitrogens with zero attached hydrogens (tertiary/aromatic N) is 3. The Labute approximate surface area is 83.1 Å². The van der Waals surface area contributed by atoms with Gasteiger partial charge in [-0.1, -0.05) is 12.1 Å². The topological polar surface area (TPSA) is 30.7 Å². The van der Waals surface area contributed by atoms with Crippen molar-refractivity contribution in [3.63, 3.8) is 0 Å². The van der Waals surface area contributed by atoms with Crippen LogP contribution in [-0.4, -0.2) is 15.0 Å². The molecule has 0 bridgehead atoms. The van der Waals surface area contributed by atoms with E-state index in [4.69, 9.17) is 0 Å². The third kappa shape index (κ3) is 1.83. The van der Waals surface area contributed by atoms with Crippen LogP contribution >= 0.6 is 0 Å². The molecule has 0 aliphatic carbocycles. The number of para-hydroxylation sites is 1. The van der Waals surface area contributed by atoms with E-state index in [0.717, 1.165) is 10.9 Å². The molecule has 1 aromatic heterocycles. The summed E-state index contributed by atoms with van der Waals surface area (Å²) in [6.07, 6.45) is -1.82. The number of hydrogen-bond donors (Lipinski definition) is 0. The second-order valence-corrected chi connectivity index (χ2v) is 2.75. The maximum atomic E-state index is 12.6. The van der Waals surface area contributed by atoms with Gasteiger partial charge < -0.3 is 0 Å². The highest BCUT2D eigenvalue weighted by Gasteiger charge is 2.34. The van der Waals surface area contributed by atoms with Crippen molar-refractivity contribution in [3.05, 3.63) is 42.2 Å². The van der Waals surface area contributed by atoms with Gasteiger partial charge in [-0.2, -0.15) is 28.2 Å². The Morgan fingerprint density at radius 3 is 2.47 bits per heavy atom. The van der Waals surface area contributed by atoms with Gasteiger partial charge in [0.2, 0.25) is 0 Å². The quantitative estimate of drug-likeness (QED) is 0.724. The molecular weight excluding hydrogens is 207 g/mol. The van der Waals surface area contributed by atoms with Crippen molar-refractivity contribution in [3.8, 4) is 5.69 Å². The lowest BCUT2D eigenvalue weighted by Crippen LogP contribution is -2.12. The summed E-state index contributed by atoms with van der Waals surface area (Å²) in [5.41, 5.74) is -1.00. The lowest BCUT2D eigenvalue weighted by Gasteiger charge is -2.10. The number of benzene rings is 1. The molecule has 0 saturated heterocycles. The lowest BCUT2D eigenvalue weighted by atomic mass is 10.2. The van der Waals surface area contributed by atoms with Gasteiger partial charge in [0.25, 0.3) is 0 Å². The van der Waals surface area contributed by atoms with E-state index < -0.39 is 11.7 Å². The number of hydrogen-bond acceptors (Lipinski definition) is 2. The van der Waals surface area contributed by atoms with Crippen LogP contribution in [0.3, 0.4) is 0 Å². The summed E-state index contributed by atoms with van der Waals surface area (Å²) < 4.78 is 37.7. The van der Waals surface area contributed by atoms with Crippen LogP contribution in [0.2, 0.25) is 0 Å². The molecule has 15 heavy (non-hydrogen) atoms. The van der Waals surface area contributed by atoms with Crippen molar-refractivity contribution < 1.29 is 13.2 Å². The summed E-state index contributed by atoms with van der Waals surface area (Å²) in [5.74, 6) is 0. The molecule has 0 amide bonds. The van der Waals surface area contributed by atoms with Crippen molar-refractivity contribution in [2.24, 2.45) is 0 Å². The predicted molar refractivity (Wildman–Crippen MR) is 45.2 cm³/mol. The molecule has 6 heteroatoms. The zero-order valence-electron chi connectivity index (χ0n) is 7.36. The molecule has 1 radical (unpaired) electrons. The fourth-order valence-electron chi connectivity index (χ4n) is 1.15. The first kappa shape index (κ1) is 9.70. The molecule has 77 valence electrons. The van der Waals surface area contributed by atoms with Gasteiger partial charge in [-0.3, -0.25) is 0 Å². The highest BCUT2D eigenvalue weighted by atomic mass is 19.4. The minimum absolute atomic E-state index is 0.199. The molecule has 0 unspecified atom stereocenters. The summed E-state index contributed by atoms with van der Waals surface area (Å²) in [6.45, 7) is 0. The Bertz CT molecular complexity index is 448. The van der Waals surface area contributed by atoms with Crippen LogP contribution in [0.25, 0.3) is 5.69 Å². The van der Waals surface area contributed by atoms with E-state index in [0.29, 0.717) is 0 Å². The van der Waals surface area contributed by atoms with Gasteiger partial charge in [0.15, 0.2) is 0 Å². The van der Waals surface area contributed by atoms with E-state index in [-0.39, 0.29) is 5.69 Å². The van der Waals surface area contributed by atoms with Crippen LogP contribution in [0.4, 0.5) is 13.2 Å². The first-order valence-electron chi connectivity index (χ1n) is 4.03. The smallest absolute Gasteiger partial charge is 0.166 e. The molecule has 0 fully saturated rings. The van der Waals surface area contributed by atoms with Gasteiger partial charge in [-0.15, -0.1) is 0 Å². The molecule has 0 saturated carbocycles. The highest BCUT2D eigenvalue weighted by Crippen LogP contribution is 2.32. The first-order chi connectivity index (χ1) is 7.09. The standard InChI is InChI=1S/C9H5F3N3/c10-9(11,12)7-3-1-2-4-8(7)15-13-5-6-14-15/h1-3,5-6H. The van der Waals surface area contributed by atoms with Gasteiger partial charge >= 0.3 is 6.18 Å². The van der Waals surface area contributed by atoms with Crippen molar-refractivity contribution in [1.29, 1.82) is 0 Å². The number of aromatic nitrogens is 3. The molecule has 3 nitrogen and oxygen atoms in total. The molecule has 0 N–H and O–H groups in total. The zero-order valence-corrected chi connectivity index (χ0v) is 7.36. The van der Waals surface area contributed by atoms with Gasteiger partial charge in [-0.05, 0) is 6.07 Å². The van der Waals surface area contributed by atoms with Crippen molar-refractivity contribution in [2.75, 3.05) is 0 Å². The molecule has 2 rings (SSSR count). The minimum Gasteiger partial charge on any atom is -0.166 e. The number of rotatable bonds is 1. The lowest BCUT2D eigenvalue weighted by molar-refractivity contribution is -0.137. The largest absolute Gasteiger partial charge is 0.418 e. The van der Waals surface area contributed by atoms with Crippen LogP contribution in [0, 0.1) is 6.07 Å². The average molecular weight is 212 g/mol. The summed E-state index contributed by atoms with van der Waals surface area (Å²) >= 11 is 0. The third-order valence-electron chi connectivity index (χ3n) is 1.76. The number of halogens is 3. The monoisotopic (exact) mass is 212 g/mol. The molecule has 1 aromatic carbocycles.